The Labute approximate surface area is 189 Å². The molecule has 8 nitrogen and oxygen atoms in total. The van der Waals surface area contributed by atoms with Gasteiger partial charge in [0.1, 0.15) is 0 Å². The maximum Gasteiger partial charge on any atom is 0.282 e. The molecule has 1 aliphatic carbocycles. The third kappa shape index (κ3) is 3.81. The van der Waals surface area contributed by atoms with Gasteiger partial charge in [-0.15, -0.1) is 0 Å². The van der Waals surface area contributed by atoms with Crippen molar-refractivity contribution in [3.63, 3.8) is 0 Å². The zero-order chi connectivity index (χ0) is 22.5. The van der Waals surface area contributed by atoms with Crippen molar-refractivity contribution in [1.29, 1.82) is 0 Å². The molecule has 0 N–H and O–H groups in total. The molecule has 2 saturated heterocycles. The molecule has 3 aliphatic rings. The lowest BCUT2D eigenvalue weighted by Gasteiger charge is -2.40. The van der Waals surface area contributed by atoms with Crippen molar-refractivity contribution in [2.45, 2.75) is 45.3 Å². The quantitative estimate of drug-likeness (QED) is 0.701. The molecule has 3 heterocycles. The number of morpholine rings is 1. The number of rotatable bonds is 3. The predicted octanol–water partition coefficient (Wildman–Crippen LogP) is 1.84. The lowest BCUT2D eigenvalue weighted by molar-refractivity contribution is -0.0457. The van der Waals surface area contributed by atoms with Gasteiger partial charge in [0.15, 0.2) is 0 Å². The number of carbonyl (C=O) groups excluding carboxylic acids is 1. The van der Waals surface area contributed by atoms with Gasteiger partial charge in [0.05, 0.1) is 23.3 Å². The zero-order valence-corrected chi connectivity index (χ0v) is 19.5. The van der Waals surface area contributed by atoms with Crippen molar-refractivity contribution in [2.75, 3.05) is 39.3 Å². The fourth-order valence-corrected chi connectivity index (χ4v) is 6.97. The summed E-state index contributed by atoms with van der Waals surface area (Å²) in [5, 5.41) is 0.893. The first-order valence-electron chi connectivity index (χ1n) is 11.4. The van der Waals surface area contributed by atoms with Crippen LogP contribution in [-0.2, 0) is 27.8 Å². The molecule has 0 saturated carbocycles. The molecule has 172 valence electrons. The maximum absolute atomic E-state index is 13.6. The summed E-state index contributed by atoms with van der Waals surface area (Å²) in [5.41, 5.74) is 3.72. The molecule has 32 heavy (non-hydrogen) atoms. The second-order valence-corrected chi connectivity index (χ2v) is 11.0. The van der Waals surface area contributed by atoms with Crippen LogP contribution >= 0.6 is 0 Å². The van der Waals surface area contributed by atoms with Gasteiger partial charge in [-0.3, -0.25) is 9.78 Å². The van der Waals surface area contributed by atoms with Crippen molar-refractivity contribution in [1.82, 2.24) is 18.5 Å². The Hall–Kier alpha value is -2.07. The van der Waals surface area contributed by atoms with E-state index >= 15 is 0 Å². The molecule has 2 atom stereocenters. The van der Waals surface area contributed by atoms with Gasteiger partial charge in [-0.25, -0.2) is 0 Å². The van der Waals surface area contributed by atoms with Gasteiger partial charge < -0.3 is 9.64 Å². The molecule has 1 aromatic heterocycles. The van der Waals surface area contributed by atoms with Gasteiger partial charge in [0.2, 0.25) is 0 Å². The second kappa shape index (κ2) is 8.37. The van der Waals surface area contributed by atoms with E-state index in [1.54, 1.807) is 4.90 Å². The highest BCUT2D eigenvalue weighted by Gasteiger charge is 2.38. The molecular formula is C23H30N4O4S. The van der Waals surface area contributed by atoms with Gasteiger partial charge in [-0.05, 0) is 44.7 Å². The number of piperazine rings is 1. The minimum Gasteiger partial charge on any atom is -0.373 e. The van der Waals surface area contributed by atoms with Crippen molar-refractivity contribution in [3.8, 4) is 0 Å². The molecule has 0 spiro atoms. The fourth-order valence-electron chi connectivity index (χ4n) is 5.22. The summed E-state index contributed by atoms with van der Waals surface area (Å²) in [5.74, 6) is -0.00702. The minimum absolute atomic E-state index is 0.00702. The summed E-state index contributed by atoms with van der Waals surface area (Å²) in [6, 6.07) is 7.81. The van der Waals surface area contributed by atoms with Crippen LogP contribution in [0.25, 0.3) is 10.9 Å². The summed E-state index contributed by atoms with van der Waals surface area (Å²) >= 11 is 0. The van der Waals surface area contributed by atoms with Crippen LogP contribution in [0.2, 0.25) is 0 Å². The first-order valence-corrected chi connectivity index (χ1v) is 12.8. The Morgan fingerprint density at radius 3 is 2.41 bits per heavy atom. The van der Waals surface area contributed by atoms with Crippen LogP contribution in [0.15, 0.2) is 24.3 Å². The smallest absolute Gasteiger partial charge is 0.282 e. The zero-order valence-electron chi connectivity index (χ0n) is 18.7. The average Bonchev–Trinajstić information content (AvgIpc) is 3.24. The minimum atomic E-state index is -3.57. The predicted molar refractivity (Wildman–Crippen MR) is 122 cm³/mol. The highest BCUT2D eigenvalue weighted by atomic mass is 32.2. The number of para-hydroxylation sites is 1. The highest BCUT2D eigenvalue weighted by molar-refractivity contribution is 7.86. The molecule has 2 fully saturated rings. The Morgan fingerprint density at radius 2 is 1.69 bits per heavy atom. The topological polar surface area (TPSA) is 83.1 Å². The molecule has 0 bridgehead atoms. The Bertz CT molecular complexity index is 1130. The average molecular weight is 459 g/mol. The maximum atomic E-state index is 13.6. The van der Waals surface area contributed by atoms with Gasteiger partial charge in [-0.2, -0.15) is 17.0 Å². The number of nitrogens with zero attached hydrogens (tertiary/aromatic N) is 4. The molecule has 2 unspecified atom stereocenters. The second-order valence-electron chi connectivity index (χ2n) is 9.06. The lowest BCUT2D eigenvalue weighted by atomic mass is 10.00. The number of pyridine rings is 1. The highest BCUT2D eigenvalue weighted by Crippen LogP contribution is 2.31. The number of carbonyl (C=O) groups is 1. The summed E-state index contributed by atoms with van der Waals surface area (Å²) in [4.78, 5) is 20.2. The summed E-state index contributed by atoms with van der Waals surface area (Å²) in [6.07, 6.45) is 2.54. The Morgan fingerprint density at radius 1 is 1.00 bits per heavy atom. The van der Waals surface area contributed by atoms with E-state index in [1.165, 1.54) is 8.61 Å². The molecule has 2 aliphatic heterocycles. The lowest BCUT2D eigenvalue weighted by Crippen LogP contribution is -2.57. The van der Waals surface area contributed by atoms with Crippen LogP contribution in [0.3, 0.4) is 0 Å². The third-order valence-electron chi connectivity index (χ3n) is 6.70. The number of amides is 1. The molecule has 2 aromatic rings. The van der Waals surface area contributed by atoms with E-state index in [-0.39, 0.29) is 18.1 Å². The van der Waals surface area contributed by atoms with E-state index < -0.39 is 10.2 Å². The fraction of sp³-hybridized carbons (Fsp3) is 0.565. The van der Waals surface area contributed by atoms with Crippen LogP contribution in [-0.4, -0.2) is 84.3 Å². The van der Waals surface area contributed by atoms with Gasteiger partial charge >= 0.3 is 0 Å². The summed E-state index contributed by atoms with van der Waals surface area (Å²) < 4.78 is 35.1. The van der Waals surface area contributed by atoms with Crippen molar-refractivity contribution in [2.24, 2.45) is 0 Å². The molecular weight excluding hydrogens is 428 g/mol. The number of aryl methyl sites for hydroxylation is 1. The van der Waals surface area contributed by atoms with E-state index in [4.69, 9.17) is 9.72 Å². The van der Waals surface area contributed by atoms with Crippen LogP contribution in [0.5, 0.6) is 0 Å². The SMILES string of the molecule is CC1CN(S(=O)(=O)N2CCN(C(=O)c3c4c(nc5ccccc35)CCC4)CC2)CC(C)O1. The monoisotopic (exact) mass is 458 g/mol. The Balaban J connectivity index is 1.35. The van der Waals surface area contributed by atoms with E-state index in [9.17, 15) is 13.2 Å². The van der Waals surface area contributed by atoms with Gasteiger partial charge in [-0.1, -0.05) is 18.2 Å². The normalized spacial score (nSPS) is 25.2. The van der Waals surface area contributed by atoms with Crippen LogP contribution in [0.1, 0.15) is 41.9 Å². The summed E-state index contributed by atoms with van der Waals surface area (Å²) in [6.45, 7) is 5.90. The number of ether oxygens (including phenoxy) is 1. The van der Waals surface area contributed by atoms with Crippen LogP contribution in [0, 0.1) is 0 Å². The number of hydrogen-bond acceptors (Lipinski definition) is 5. The van der Waals surface area contributed by atoms with Crippen molar-refractivity contribution in [3.05, 3.63) is 41.1 Å². The number of hydrogen-bond donors (Lipinski definition) is 0. The standard InChI is InChI=1S/C23H30N4O4S/c1-16-14-27(15-17(2)31-16)32(29,30)26-12-10-25(11-13-26)23(28)22-18-6-3-4-8-20(18)24-21-9-5-7-19(21)22/h3-4,6,8,16-17H,5,7,9-15H2,1-2H3. The van der Waals surface area contributed by atoms with Crippen molar-refractivity contribution >= 4 is 27.0 Å². The van der Waals surface area contributed by atoms with E-state index in [0.29, 0.717) is 39.3 Å². The third-order valence-corrected chi connectivity index (χ3v) is 8.67. The van der Waals surface area contributed by atoms with Crippen molar-refractivity contribution < 1.29 is 17.9 Å². The van der Waals surface area contributed by atoms with Crippen LogP contribution in [0.4, 0.5) is 0 Å². The molecule has 5 rings (SSSR count). The Kier molecular flexibility index (Phi) is 5.69. The first-order chi connectivity index (χ1) is 15.3. The molecule has 0 radical (unpaired) electrons. The number of fused-ring (bicyclic) bond motifs is 2. The summed E-state index contributed by atoms with van der Waals surface area (Å²) in [7, 11) is -3.57. The van der Waals surface area contributed by atoms with E-state index in [1.807, 2.05) is 38.1 Å². The first kappa shape index (κ1) is 21.8. The molecule has 1 aromatic carbocycles. The molecule has 9 heteroatoms. The number of aromatic nitrogens is 1. The van der Waals surface area contributed by atoms with Gasteiger partial charge in [0, 0.05) is 50.3 Å². The van der Waals surface area contributed by atoms with E-state index in [0.717, 1.165) is 47.0 Å². The largest absolute Gasteiger partial charge is 0.373 e. The van der Waals surface area contributed by atoms with E-state index in [2.05, 4.69) is 0 Å². The molecule has 1 amide bonds. The van der Waals surface area contributed by atoms with Crippen LogP contribution < -0.4 is 0 Å². The van der Waals surface area contributed by atoms with Gasteiger partial charge in [0.25, 0.3) is 16.1 Å². The number of benzene rings is 1.